The number of nitrogens with zero attached hydrogens (tertiary/aromatic N) is 2. The third kappa shape index (κ3) is 3.29. The molecule has 0 radical (unpaired) electrons. The molecule has 2 aromatic carbocycles. The van der Waals surface area contributed by atoms with Gasteiger partial charge >= 0.3 is 0 Å². The molecule has 1 N–H and O–H groups in total. The minimum atomic E-state index is -0.612. The minimum Gasteiger partial charge on any atom is -0.340 e. The maximum atomic E-state index is 13.6. The zero-order chi connectivity index (χ0) is 17.1. The van der Waals surface area contributed by atoms with Crippen molar-refractivity contribution in [2.24, 2.45) is 0 Å². The summed E-state index contributed by atoms with van der Waals surface area (Å²) in [4.78, 5) is 16.3. The third-order valence-electron chi connectivity index (χ3n) is 3.38. The Morgan fingerprint density at radius 2 is 1.83 bits per heavy atom. The highest BCUT2D eigenvalue weighted by Crippen LogP contribution is 2.19. The van der Waals surface area contributed by atoms with E-state index in [1.54, 1.807) is 13.0 Å². The summed E-state index contributed by atoms with van der Waals surface area (Å²) < 4.78 is 31.7. The average Bonchev–Trinajstić information content (AvgIpc) is 3.06. The number of rotatable bonds is 4. The molecule has 1 aromatic heterocycles. The molecule has 0 aliphatic carbocycles. The summed E-state index contributed by atoms with van der Waals surface area (Å²) in [6, 6.07) is 10.7. The fourth-order valence-electron chi connectivity index (χ4n) is 2.11. The summed E-state index contributed by atoms with van der Waals surface area (Å²) >= 11 is 0. The molecule has 122 valence electrons. The lowest BCUT2D eigenvalue weighted by atomic mass is 10.2. The quantitative estimate of drug-likeness (QED) is 0.795. The van der Waals surface area contributed by atoms with E-state index in [2.05, 4.69) is 15.5 Å². The van der Waals surface area contributed by atoms with Gasteiger partial charge < -0.3 is 9.84 Å². The first-order chi connectivity index (χ1) is 11.5. The van der Waals surface area contributed by atoms with Crippen molar-refractivity contribution in [3.8, 4) is 11.4 Å². The van der Waals surface area contributed by atoms with Crippen LogP contribution in [-0.2, 0) is 0 Å². The van der Waals surface area contributed by atoms with Gasteiger partial charge in [0.1, 0.15) is 17.7 Å². The van der Waals surface area contributed by atoms with Crippen molar-refractivity contribution in [2.75, 3.05) is 0 Å². The second kappa shape index (κ2) is 6.57. The number of benzene rings is 2. The number of aromatic nitrogens is 2. The predicted molar refractivity (Wildman–Crippen MR) is 82.0 cm³/mol. The summed E-state index contributed by atoms with van der Waals surface area (Å²) in [5.41, 5.74) is 0.515. The maximum Gasteiger partial charge on any atom is 0.254 e. The van der Waals surface area contributed by atoms with Gasteiger partial charge in [-0.25, -0.2) is 8.78 Å². The number of hydrogen-bond donors (Lipinski definition) is 1. The average molecular weight is 329 g/mol. The fraction of sp³-hybridized carbons (Fsp3) is 0.118. The molecule has 0 saturated heterocycles. The van der Waals surface area contributed by atoms with E-state index in [0.717, 1.165) is 0 Å². The van der Waals surface area contributed by atoms with Gasteiger partial charge in [-0.1, -0.05) is 17.3 Å². The van der Waals surface area contributed by atoms with Crippen LogP contribution >= 0.6 is 0 Å². The molecule has 1 heterocycles. The van der Waals surface area contributed by atoms with E-state index < -0.39 is 17.8 Å². The Bertz CT molecular complexity index is 862. The molecule has 0 bridgehead atoms. The lowest BCUT2D eigenvalue weighted by Gasteiger charge is -2.10. The molecule has 0 spiro atoms. The zero-order valence-corrected chi connectivity index (χ0v) is 12.7. The molecular weight excluding hydrogens is 316 g/mol. The van der Waals surface area contributed by atoms with Gasteiger partial charge in [0.2, 0.25) is 11.7 Å². The van der Waals surface area contributed by atoms with Gasteiger partial charge in [0.25, 0.3) is 5.91 Å². The molecule has 0 aliphatic heterocycles. The molecule has 3 rings (SSSR count). The second-order valence-electron chi connectivity index (χ2n) is 5.14. The van der Waals surface area contributed by atoms with Gasteiger partial charge in [0, 0.05) is 5.56 Å². The van der Waals surface area contributed by atoms with Gasteiger partial charge in [0.15, 0.2) is 0 Å². The van der Waals surface area contributed by atoms with Crippen LogP contribution in [0.2, 0.25) is 0 Å². The van der Waals surface area contributed by atoms with E-state index in [-0.39, 0.29) is 23.1 Å². The lowest BCUT2D eigenvalue weighted by Crippen LogP contribution is -2.27. The van der Waals surface area contributed by atoms with E-state index in [1.165, 1.54) is 42.5 Å². The lowest BCUT2D eigenvalue weighted by molar-refractivity contribution is 0.0928. The third-order valence-corrected chi connectivity index (χ3v) is 3.38. The molecule has 24 heavy (non-hydrogen) atoms. The number of halogens is 2. The highest BCUT2D eigenvalue weighted by atomic mass is 19.1. The van der Waals surface area contributed by atoms with Crippen LogP contribution in [-0.4, -0.2) is 16.0 Å². The smallest absolute Gasteiger partial charge is 0.254 e. The van der Waals surface area contributed by atoms with Crippen LogP contribution in [0.5, 0.6) is 0 Å². The van der Waals surface area contributed by atoms with Crippen LogP contribution in [0.15, 0.2) is 53.1 Å². The van der Waals surface area contributed by atoms with Crippen molar-refractivity contribution >= 4 is 5.91 Å². The normalized spacial score (nSPS) is 12.0. The van der Waals surface area contributed by atoms with Crippen molar-refractivity contribution in [3.63, 3.8) is 0 Å². The summed E-state index contributed by atoms with van der Waals surface area (Å²) in [5.74, 6) is -1.12. The van der Waals surface area contributed by atoms with Crippen LogP contribution in [0.1, 0.15) is 29.2 Å². The monoisotopic (exact) mass is 329 g/mol. The highest BCUT2D eigenvalue weighted by molar-refractivity contribution is 5.94. The van der Waals surface area contributed by atoms with Crippen LogP contribution in [0.3, 0.4) is 0 Å². The number of carbonyl (C=O) groups is 1. The van der Waals surface area contributed by atoms with Crippen LogP contribution in [0.4, 0.5) is 8.78 Å². The first-order valence-electron chi connectivity index (χ1n) is 7.19. The molecule has 1 amide bonds. The van der Waals surface area contributed by atoms with Gasteiger partial charge in [-0.3, -0.25) is 4.79 Å². The Balaban J connectivity index is 1.74. The molecule has 0 saturated carbocycles. The van der Waals surface area contributed by atoms with Crippen molar-refractivity contribution in [1.29, 1.82) is 0 Å². The summed E-state index contributed by atoms with van der Waals surface area (Å²) in [5, 5.41) is 6.39. The molecule has 7 heteroatoms. The topological polar surface area (TPSA) is 68.0 Å². The largest absolute Gasteiger partial charge is 0.340 e. The van der Waals surface area contributed by atoms with Gasteiger partial charge in [-0.15, -0.1) is 0 Å². The minimum absolute atomic E-state index is 0.0670. The Morgan fingerprint density at radius 1 is 1.12 bits per heavy atom. The van der Waals surface area contributed by atoms with Gasteiger partial charge in [0.05, 0.1) is 5.56 Å². The molecule has 5 nitrogen and oxygen atoms in total. The SMILES string of the molecule is CC(NC(=O)c1ccccc1F)c1nc(-c2ccc(F)cc2)no1. The van der Waals surface area contributed by atoms with Crippen LogP contribution < -0.4 is 5.32 Å². The number of amides is 1. The Morgan fingerprint density at radius 3 is 2.54 bits per heavy atom. The second-order valence-corrected chi connectivity index (χ2v) is 5.14. The van der Waals surface area contributed by atoms with E-state index in [4.69, 9.17) is 4.52 Å². The standard InChI is InChI=1S/C17H13F2N3O2/c1-10(20-16(23)13-4-2-3-5-14(13)19)17-21-15(22-24-17)11-6-8-12(18)9-7-11/h2-10H,1H3,(H,20,23). The highest BCUT2D eigenvalue weighted by Gasteiger charge is 2.19. The molecular formula is C17H13F2N3O2. The number of nitrogens with one attached hydrogen (secondary N) is 1. The molecule has 0 aliphatic rings. The summed E-state index contributed by atoms with van der Waals surface area (Å²) in [7, 11) is 0. The van der Waals surface area contributed by atoms with Gasteiger partial charge in [-0.2, -0.15) is 4.98 Å². The Hall–Kier alpha value is -3.09. The van der Waals surface area contributed by atoms with Crippen molar-refractivity contribution < 1.29 is 18.1 Å². The van der Waals surface area contributed by atoms with Crippen molar-refractivity contribution in [3.05, 3.63) is 71.6 Å². The predicted octanol–water partition coefficient (Wildman–Crippen LogP) is 3.51. The summed E-state index contributed by atoms with van der Waals surface area (Å²) in [6.45, 7) is 1.64. The fourth-order valence-corrected chi connectivity index (χ4v) is 2.11. The van der Waals surface area contributed by atoms with Gasteiger partial charge in [-0.05, 0) is 43.3 Å². The number of hydrogen-bond acceptors (Lipinski definition) is 4. The van der Waals surface area contributed by atoms with Crippen molar-refractivity contribution in [2.45, 2.75) is 13.0 Å². The Labute approximate surface area is 136 Å². The van der Waals surface area contributed by atoms with Crippen molar-refractivity contribution in [1.82, 2.24) is 15.5 Å². The molecule has 0 fully saturated rings. The number of carbonyl (C=O) groups excluding carboxylic acids is 1. The molecule has 1 atom stereocenters. The first-order valence-corrected chi connectivity index (χ1v) is 7.19. The van der Waals surface area contributed by atoms with Crippen LogP contribution in [0.25, 0.3) is 11.4 Å². The van der Waals surface area contributed by atoms with E-state index in [0.29, 0.717) is 5.56 Å². The molecule has 3 aromatic rings. The van der Waals surface area contributed by atoms with E-state index in [9.17, 15) is 13.6 Å². The van der Waals surface area contributed by atoms with E-state index >= 15 is 0 Å². The summed E-state index contributed by atoms with van der Waals surface area (Å²) in [6.07, 6.45) is 0. The van der Waals surface area contributed by atoms with E-state index in [1.807, 2.05) is 0 Å². The Kier molecular flexibility index (Phi) is 4.33. The van der Waals surface area contributed by atoms with Crippen LogP contribution in [0, 0.1) is 11.6 Å². The zero-order valence-electron chi connectivity index (χ0n) is 12.7. The maximum absolute atomic E-state index is 13.6. The molecule has 1 unspecified atom stereocenters. The first kappa shape index (κ1) is 15.8.